The first-order chi connectivity index (χ1) is 11.5. The van der Waals surface area contributed by atoms with E-state index in [2.05, 4.69) is 41.3 Å². The highest BCUT2D eigenvalue weighted by Crippen LogP contribution is 2.25. The van der Waals surface area contributed by atoms with Crippen LogP contribution in [-0.4, -0.2) is 22.5 Å². The number of hydrogen-bond donors (Lipinski definition) is 1. The molecule has 2 aromatic heterocycles. The van der Waals surface area contributed by atoms with Gasteiger partial charge in [0.2, 0.25) is 5.88 Å². The van der Waals surface area contributed by atoms with E-state index in [0.29, 0.717) is 5.88 Å². The fourth-order valence-electron chi connectivity index (χ4n) is 2.42. The number of aryl methyl sites for hydroxylation is 2. The monoisotopic (exact) mass is 341 g/mol. The molecule has 0 bridgehead atoms. The molecule has 0 saturated heterocycles. The van der Waals surface area contributed by atoms with E-state index in [1.165, 1.54) is 28.8 Å². The summed E-state index contributed by atoms with van der Waals surface area (Å²) in [6.07, 6.45) is 1.45. The zero-order valence-corrected chi connectivity index (χ0v) is 14.7. The van der Waals surface area contributed by atoms with Gasteiger partial charge in [-0.15, -0.1) is 11.3 Å². The average molecular weight is 341 g/mol. The van der Waals surface area contributed by atoms with E-state index >= 15 is 0 Å². The standard InChI is InChI=1S/C18H19N3O2S/c1-11-4-5-14(8-12(11)2)13(3)21-16(22)9-23-17-15-6-7-24-18(15)20-10-19-17/h4-8,10,13H,9H2,1-3H3,(H,21,22)/t13-/m0/s1. The van der Waals surface area contributed by atoms with Gasteiger partial charge in [0, 0.05) is 0 Å². The van der Waals surface area contributed by atoms with Gasteiger partial charge in [-0.3, -0.25) is 4.79 Å². The minimum absolute atomic E-state index is 0.0723. The molecule has 2 heterocycles. The number of thiophene rings is 1. The van der Waals surface area contributed by atoms with Crippen LogP contribution in [0.2, 0.25) is 0 Å². The quantitative estimate of drug-likeness (QED) is 0.770. The largest absolute Gasteiger partial charge is 0.467 e. The number of nitrogens with zero attached hydrogens (tertiary/aromatic N) is 2. The molecule has 0 aliphatic carbocycles. The molecule has 6 heteroatoms. The van der Waals surface area contributed by atoms with E-state index < -0.39 is 0 Å². The summed E-state index contributed by atoms with van der Waals surface area (Å²) < 4.78 is 5.56. The molecule has 1 amide bonds. The van der Waals surface area contributed by atoms with Crippen LogP contribution in [-0.2, 0) is 4.79 Å². The second-order valence-electron chi connectivity index (χ2n) is 5.74. The fourth-order valence-corrected chi connectivity index (χ4v) is 3.14. The van der Waals surface area contributed by atoms with Crippen LogP contribution in [0.15, 0.2) is 36.0 Å². The molecule has 0 spiro atoms. The summed E-state index contributed by atoms with van der Waals surface area (Å²) in [6.45, 7) is 6.03. The van der Waals surface area contributed by atoms with E-state index in [4.69, 9.17) is 4.74 Å². The van der Waals surface area contributed by atoms with E-state index in [-0.39, 0.29) is 18.6 Å². The van der Waals surface area contributed by atoms with Crippen molar-refractivity contribution in [2.45, 2.75) is 26.8 Å². The van der Waals surface area contributed by atoms with E-state index in [9.17, 15) is 4.79 Å². The average Bonchev–Trinajstić information content (AvgIpc) is 3.04. The first kappa shape index (κ1) is 16.4. The minimum atomic E-state index is -0.178. The number of fused-ring (bicyclic) bond motifs is 1. The maximum atomic E-state index is 12.1. The molecule has 1 N–H and O–H groups in total. The predicted molar refractivity (Wildman–Crippen MR) is 95.4 cm³/mol. The number of ether oxygens (including phenoxy) is 1. The maximum Gasteiger partial charge on any atom is 0.258 e. The summed E-state index contributed by atoms with van der Waals surface area (Å²) >= 11 is 1.51. The Kier molecular flexibility index (Phi) is 4.76. The van der Waals surface area contributed by atoms with Crippen molar-refractivity contribution in [1.29, 1.82) is 0 Å². The Bertz CT molecular complexity index is 876. The third-order valence-corrected chi connectivity index (χ3v) is 4.79. The summed E-state index contributed by atoms with van der Waals surface area (Å²) in [5.41, 5.74) is 3.53. The summed E-state index contributed by atoms with van der Waals surface area (Å²) in [6, 6.07) is 8.02. The molecule has 1 atom stereocenters. The van der Waals surface area contributed by atoms with Gasteiger partial charge in [-0.05, 0) is 48.9 Å². The lowest BCUT2D eigenvalue weighted by atomic mass is 10.0. The zero-order chi connectivity index (χ0) is 17.1. The number of amides is 1. The number of nitrogens with one attached hydrogen (secondary N) is 1. The van der Waals surface area contributed by atoms with Crippen LogP contribution < -0.4 is 10.1 Å². The lowest BCUT2D eigenvalue weighted by Crippen LogP contribution is -2.31. The number of carbonyl (C=O) groups is 1. The van der Waals surface area contributed by atoms with Crippen LogP contribution in [0.5, 0.6) is 5.88 Å². The van der Waals surface area contributed by atoms with Crippen molar-refractivity contribution in [3.8, 4) is 5.88 Å². The summed E-state index contributed by atoms with van der Waals surface area (Å²) in [4.78, 5) is 21.3. The van der Waals surface area contributed by atoms with Crippen molar-refractivity contribution in [3.05, 3.63) is 52.7 Å². The summed E-state index contributed by atoms with van der Waals surface area (Å²) in [7, 11) is 0. The Morgan fingerprint density at radius 2 is 2.08 bits per heavy atom. The highest BCUT2D eigenvalue weighted by Gasteiger charge is 2.12. The lowest BCUT2D eigenvalue weighted by Gasteiger charge is -2.16. The normalized spacial score (nSPS) is 12.1. The van der Waals surface area contributed by atoms with Crippen molar-refractivity contribution >= 4 is 27.5 Å². The van der Waals surface area contributed by atoms with Gasteiger partial charge in [0.25, 0.3) is 5.91 Å². The van der Waals surface area contributed by atoms with Gasteiger partial charge in [-0.2, -0.15) is 0 Å². The molecule has 5 nitrogen and oxygen atoms in total. The molecule has 0 radical (unpaired) electrons. The number of benzene rings is 1. The van der Waals surface area contributed by atoms with Crippen molar-refractivity contribution < 1.29 is 9.53 Å². The fraction of sp³-hybridized carbons (Fsp3) is 0.278. The minimum Gasteiger partial charge on any atom is -0.467 e. The summed E-state index contributed by atoms with van der Waals surface area (Å²) in [5, 5.41) is 5.71. The molecule has 0 fully saturated rings. The van der Waals surface area contributed by atoms with Crippen molar-refractivity contribution in [2.75, 3.05) is 6.61 Å². The molecule has 0 aliphatic heterocycles. The van der Waals surface area contributed by atoms with Crippen LogP contribution in [0.4, 0.5) is 0 Å². The van der Waals surface area contributed by atoms with Gasteiger partial charge < -0.3 is 10.1 Å². The number of hydrogen-bond acceptors (Lipinski definition) is 5. The molecule has 24 heavy (non-hydrogen) atoms. The summed E-state index contributed by atoms with van der Waals surface area (Å²) in [5.74, 6) is 0.262. The van der Waals surface area contributed by atoms with Gasteiger partial charge in [-0.25, -0.2) is 9.97 Å². The van der Waals surface area contributed by atoms with Crippen molar-refractivity contribution in [1.82, 2.24) is 15.3 Å². The first-order valence-electron chi connectivity index (χ1n) is 7.72. The van der Waals surface area contributed by atoms with E-state index in [0.717, 1.165) is 15.8 Å². The topological polar surface area (TPSA) is 64.1 Å². The number of rotatable bonds is 5. The van der Waals surface area contributed by atoms with Crippen LogP contribution >= 0.6 is 11.3 Å². The predicted octanol–water partition coefficient (Wildman–Crippen LogP) is 3.56. The molecule has 3 aromatic rings. The van der Waals surface area contributed by atoms with Gasteiger partial charge in [0.1, 0.15) is 11.2 Å². The van der Waals surface area contributed by atoms with Crippen molar-refractivity contribution in [3.63, 3.8) is 0 Å². The molecular formula is C18H19N3O2S. The highest BCUT2D eigenvalue weighted by atomic mass is 32.1. The molecule has 124 valence electrons. The highest BCUT2D eigenvalue weighted by molar-refractivity contribution is 7.16. The maximum absolute atomic E-state index is 12.1. The Balaban J connectivity index is 1.61. The number of aromatic nitrogens is 2. The Morgan fingerprint density at radius 3 is 2.88 bits per heavy atom. The lowest BCUT2D eigenvalue weighted by molar-refractivity contribution is -0.123. The van der Waals surface area contributed by atoms with Crippen molar-refractivity contribution in [2.24, 2.45) is 0 Å². The third kappa shape index (κ3) is 3.54. The Hall–Kier alpha value is -2.47. The molecule has 3 rings (SSSR count). The van der Waals surface area contributed by atoms with E-state index in [1.807, 2.05) is 24.4 Å². The van der Waals surface area contributed by atoms with Crippen LogP contribution in [0.3, 0.4) is 0 Å². The van der Waals surface area contributed by atoms with Crippen LogP contribution in [0, 0.1) is 13.8 Å². The van der Waals surface area contributed by atoms with Gasteiger partial charge in [-0.1, -0.05) is 18.2 Å². The molecular weight excluding hydrogens is 322 g/mol. The first-order valence-corrected chi connectivity index (χ1v) is 8.60. The molecule has 0 aliphatic rings. The zero-order valence-electron chi connectivity index (χ0n) is 13.9. The van der Waals surface area contributed by atoms with Crippen LogP contribution in [0.1, 0.15) is 29.7 Å². The SMILES string of the molecule is Cc1ccc([C@H](C)NC(=O)COc2ncnc3sccc23)cc1C. The Morgan fingerprint density at radius 1 is 1.25 bits per heavy atom. The van der Waals surface area contributed by atoms with Gasteiger partial charge in [0.15, 0.2) is 6.61 Å². The van der Waals surface area contributed by atoms with Gasteiger partial charge in [0.05, 0.1) is 11.4 Å². The smallest absolute Gasteiger partial charge is 0.258 e. The van der Waals surface area contributed by atoms with Crippen LogP contribution in [0.25, 0.3) is 10.2 Å². The van der Waals surface area contributed by atoms with Gasteiger partial charge >= 0.3 is 0 Å². The number of carbonyl (C=O) groups excluding carboxylic acids is 1. The Labute approximate surface area is 144 Å². The second-order valence-corrected chi connectivity index (χ2v) is 6.63. The molecule has 0 unspecified atom stereocenters. The molecule has 0 saturated carbocycles. The third-order valence-electron chi connectivity index (χ3n) is 3.97. The van der Waals surface area contributed by atoms with E-state index in [1.54, 1.807) is 0 Å². The molecule has 1 aromatic carbocycles. The second kappa shape index (κ2) is 6.97.